The van der Waals surface area contributed by atoms with E-state index in [4.69, 9.17) is 10.5 Å². The van der Waals surface area contributed by atoms with Crippen molar-refractivity contribution in [3.8, 4) is 0 Å². The summed E-state index contributed by atoms with van der Waals surface area (Å²) in [5, 5.41) is 0. The minimum absolute atomic E-state index is 0.642. The molecule has 0 aliphatic carbocycles. The van der Waals surface area contributed by atoms with Gasteiger partial charge in [0, 0.05) is 46.6 Å². The van der Waals surface area contributed by atoms with Crippen molar-refractivity contribution in [2.75, 3.05) is 38.8 Å². The first-order chi connectivity index (χ1) is 8.22. The third kappa shape index (κ3) is 4.02. The molecule has 0 bridgehead atoms. The third-order valence-corrected chi connectivity index (χ3v) is 2.72. The van der Waals surface area contributed by atoms with Gasteiger partial charge in [-0.05, 0) is 12.8 Å². The fourth-order valence-corrected chi connectivity index (χ4v) is 1.77. The van der Waals surface area contributed by atoms with E-state index >= 15 is 0 Å². The molecule has 0 amide bonds. The maximum Gasteiger partial charge on any atom is 0.205 e. The molecule has 1 heterocycles. The molecule has 0 aromatic carbocycles. The van der Waals surface area contributed by atoms with E-state index in [1.54, 1.807) is 7.11 Å². The van der Waals surface area contributed by atoms with Gasteiger partial charge in [-0.3, -0.25) is 0 Å². The van der Waals surface area contributed by atoms with Gasteiger partial charge in [0.15, 0.2) is 0 Å². The van der Waals surface area contributed by atoms with E-state index in [0.717, 1.165) is 44.2 Å². The molecule has 0 aliphatic heterocycles. The van der Waals surface area contributed by atoms with Crippen LogP contribution in [0.15, 0.2) is 6.20 Å². The van der Waals surface area contributed by atoms with E-state index in [0.29, 0.717) is 6.54 Å². The van der Waals surface area contributed by atoms with Crippen LogP contribution in [0, 0.1) is 0 Å². The van der Waals surface area contributed by atoms with Crippen LogP contribution in [-0.4, -0.2) is 43.4 Å². The van der Waals surface area contributed by atoms with E-state index in [1.165, 1.54) is 0 Å². The van der Waals surface area contributed by atoms with Crippen molar-refractivity contribution in [2.45, 2.75) is 26.3 Å². The molecule has 0 fully saturated rings. The van der Waals surface area contributed by atoms with Crippen LogP contribution in [0.2, 0.25) is 0 Å². The van der Waals surface area contributed by atoms with Crippen molar-refractivity contribution in [3.63, 3.8) is 0 Å². The van der Waals surface area contributed by atoms with Crippen LogP contribution >= 0.6 is 0 Å². The van der Waals surface area contributed by atoms with Gasteiger partial charge >= 0.3 is 0 Å². The Hall–Kier alpha value is -1.07. The number of imidazole rings is 1. The number of rotatable bonds is 8. The first kappa shape index (κ1) is 14.0. The lowest BCUT2D eigenvalue weighted by Gasteiger charge is -2.18. The first-order valence-electron chi connectivity index (χ1n) is 6.19. The molecule has 2 N–H and O–H groups in total. The Balaban J connectivity index is 2.74. The zero-order valence-electron chi connectivity index (χ0n) is 11.1. The van der Waals surface area contributed by atoms with Gasteiger partial charge in [0.25, 0.3) is 0 Å². The molecule has 0 spiro atoms. The van der Waals surface area contributed by atoms with Gasteiger partial charge in [0.2, 0.25) is 5.95 Å². The highest BCUT2D eigenvalue weighted by atomic mass is 16.5. The molecule has 0 aliphatic rings. The highest BCUT2D eigenvalue weighted by Crippen LogP contribution is 2.14. The predicted octanol–water partition coefficient (Wildman–Crippen LogP) is 0.877. The molecule has 0 saturated heterocycles. The van der Waals surface area contributed by atoms with E-state index in [1.807, 2.05) is 7.05 Å². The zero-order chi connectivity index (χ0) is 12.7. The van der Waals surface area contributed by atoms with Gasteiger partial charge in [-0.1, -0.05) is 6.92 Å². The average molecular weight is 240 g/mol. The summed E-state index contributed by atoms with van der Waals surface area (Å²) >= 11 is 0. The molecule has 98 valence electrons. The second-order valence-electron chi connectivity index (χ2n) is 4.14. The van der Waals surface area contributed by atoms with Gasteiger partial charge in [-0.25, -0.2) is 4.98 Å². The Kier molecular flexibility index (Phi) is 6.00. The number of nitrogens with zero attached hydrogens (tertiary/aromatic N) is 3. The SMILES string of the molecule is CCc1cn(CCCOC)c(N(C)CCN)n1. The minimum Gasteiger partial charge on any atom is -0.385 e. The quantitative estimate of drug-likeness (QED) is 0.685. The summed E-state index contributed by atoms with van der Waals surface area (Å²) in [6.07, 6.45) is 4.08. The number of likely N-dealkylation sites (N-methyl/N-ethyl adjacent to an activating group) is 1. The fourth-order valence-electron chi connectivity index (χ4n) is 1.77. The molecule has 0 saturated carbocycles. The first-order valence-corrected chi connectivity index (χ1v) is 6.19. The van der Waals surface area contributed by atoms with Crippen LogP contribution < -0.4 is 10.6 Å². The van der Waals surface area contributed by atoms with Crippen molar-refractivity contribution in [1.82, 2.24) is 9.55 Å². The standard InChI is InChI=1S/C12H24N4O/c1-4-11-10-16(7-5-9-17-3)12(14-11)15(2)8-6-13/h10H,4-9,13H2,1-3H3. The molecular weight excluding hydrogens is 216 g/mol. The van der Waals surface area contributed by atoms with Crippen LogP contribution in [0.5, 0.6) is 0 Å². The predicted molar refractivity (Wildman–Crippen MR) is 70.4 cm³/mol. The molecular formula is C12H24N4O. The van der Waals surface area contributed by atoms with Gasteiger partial charge in [-0.15, -0.1) is 0 Å². The number of aromatic nitrogens is 2. The number of nitrogens with two attached hydrogens (primary N) is 1. The van der Waals surface area contributed by atoms with Crippen molar-refractivity contribution < 1.29 is 4.74 Å². The third-order valence-electron chi connectivity index (χ3n) is 2.72. The molecule has 0 unspecified atom stereocenters. The summed E-state index contributed by atoms with van der Waals surface area (Å²) in [6.45, 7) is 5.30. The Labute approximate surface area is 104 Å². The molecule has 5 heteroatoms. The smallest absolute Gasteiger partial charge is 0.205 e. The van der Waals surface area contributed by atoms with Gasteiger partial charge < -0.3 is 19.9 Å². The Morgan fingerprint density at radius 2 is 2.29 bits per heavy atom. The zero-order valence-corrected chi connectivity index (χ0v) is 11.1. The monoisotopic (exact) mass is 240 g/mol. The highest BCUT2D eigenvalue weighted by molar-refractivity contribution is 5.32. The van der Waals surface area contributed by atoms with Crippen molar-refractivity contribution in [3.05, 3.63) is 11.9 Å². The summed E-state index contributed by atoms with van der Waals surface area (Å²) < 4.78 is 7.27. The summed E-state index contributed by atoms with van der Waals surface area (Å²) in [5.74, 6) is 1.00. The largest absolute Gasteiger partial charge is 0.385 e. The van der Waals surface area contributed by atoms with Crippen molar-refractivity contribution in [1.29, 1.82) is 0 Å². The van der Waals surface area contributed by atoms with Gasteiger partial charge in [0.1, 0.15) is 0 Å². The van der Waals surface area contributed by atoms with E-state index in [9.17, 15) is 0 Å². The second-order valence-corrected chi connectivity index (χ2v) is 4.14. The molecule has 1 rings (SSSR count). The molecule has 0 radical (unpaired) electrons. The van der Waals surface area contributed by atoms with E-state index < -0.39 is 0 Å². The summed E-state index contributed by atoms with van der Waals surface area (Å²) in [7, 11) is 3.76. The Morgan fingerprint density at radius 3 is 2.88 bits per heavy atom. The number of aryl methyl sites for hydroxylation is 2. The summed E-state index contributed by atoms with van der Waals surface area (Å²) in [4.78, 5) is 6.72. The van der Waals surface area contributed by atoms with Gasteiger partial charge in [0.05, 0.1) is 5.69 Å². The van der Waals surface area contributed by atoms with Crippen molar-refractivity contribution in [2.24, 2.45) is 5.73 Å². The topological polar surface area (TPSA) is 56.3 Å². The molecule has 17 heavy (non-hydrogen) atoms. The molecule has 5 nitrogen and oxygen atoms in total. The Morgan fingerprint density at radius 1 is 1.53 bits per heavy atom. The summed E-state index contributed by atoms with van der Waals surface area (Å²) in [5.41, 5.74) is 6.71. The second kappa shape index (κ2) is 7.29. The lowest BCUT2D eigenvalue weighted by atomic mass is 10.4. The average Bonchev–Trinajstić information content (AvgIpc) is 2.73. The van der Waals surface area contributed by atoms with E-state index in [2.05, 4.69) is 27.6 Å². The minimum atomic E-state index is 0.642. The van der Waals surface area contributed by atoms with Crippen LogP contribution in [0.1, 0.15) is 19.0 Å². The fraction of sp³-hybridized carbons (Fsp3) is 0.750. The number of hydrogen-bond donors (Lipinski definition) is 1. The van der Waals surface area contributed by atoms with Crippen molar-refractivity contribution >= 4 is 5.95 Å². The molecule has 0 atom stereocenters. The highest BCUT2D eigenvalue weighted by Gasteiger charge is 2.10. The van der Waals surface area contributed by atoms with Crippen LogP contribution in [0.25, 0.3) is 0 Å². The number of anilines is 1. The lowest BCUT2D eigenvalue weighted by Crippen LogP contribution is -2.27. The maximum atomic E-state index is 5.58. The number of ether oxygens (including phenoxy) is 1. The Bertz CT molecular complexity index is 324. The van der Waals surface area contributed by atoms with Gasteiger partial charge in [-0.2, -0.15) is 0 Å². The van der Waals surface area contributed by atoms with Crippen LogP contribution in [0.4, 0.5) is 5.95 Å². The van der Waals surface area contributed by atoms with Crippen LogP contribution in [-0.2, 0) is 17.7 Å². The normalized spacial score (nSPS) is 10.8. The van der Waals surface area contributed by atoms with Crippen LogP contribution in [0.3, 0.4) is 0 Å². The molecule has 1 aromatic heterocycles. The van der Waals surface area contributed by atoms with E-state index in [-0.39, 0.29) is 0 Å². The number of methoxy groups -OCH3 is 1. The summed E-state index contributed by atoms with van der Waals surface area (Å²) in [6, 6.07) is 0. The lowest BCUT2D eigenvalue weighted by molar-refractivity contribution is 0.190. The molecule has 1 aromatic rings. The number of hydrogen-bond acceptors (Lipinski definition) is 4. The maximum absolute atomic E-state index is 5.58.